The molecule has 188 valence electrons. The molecular weight excluding hydrogens is 476 g/mol. The van der Waals surface area contributed by atoms with Crippen LogP contribution in [0, 0.1) is 0 Å². The van der Waals surface area contributed by atoms with Crippen LogP contribution in [0.15, 0.2) is 60.7 Å². The third-order valence-corrected chi connectivity index (χ3v) is 5.95. The summed E-state index contributed by atoms with van der Waals surface area (Å²) in [5.74, 6) is -0.288. The number of carbonyl (C=O) groups excluding carboxylic acids is 2. The predicted molar refractivity (Wildman–Crippen MR) is 150 cm³/mol. The van der Waals surface area contributed by atoms with Crippen LogP contribution in [0.1, 0.15) is 64.5 Å². The zero-order valence-electron chi connectivity index (χ0n) is 21.1. The first-order valence-electron chi connectivity index (χ1n) is 11.9. The zero-order chi connectivity index (χ0) is 26.0. The minimum atomic E-state index is -0.357. The fourth-order valence-corrected chi connectivity index (χ4v) is 4.13. The highest BCUT2D eigenvalue weighted by Crippen LogP contribution is 2.48. The number of carbonyl (C=O) groups is 2. The maximum absolute atomic E-state index is 12.3. The molecule has 35 heavy (non-hydrogen) atoms. The lowest BCUT2D eigenvalue weighted by atomic mass is 9.95. The lowest BCUT2D eigenvalue weighted by Gasteiger charge is -2.18. The molecule has 3 rings (SSSR count). The molecule has 4 N–H and O–H groups in total. The molecule has 2 aromatic rings. The highest BCUT2D eigenvalue weighted by Gasteiger charge is 2.51. The second-order valence-electron chi connectivity index (χ2n) is 9.28. The highest BCUT2D eigenvalue weighted by molar-refractivity contribution is 7.80. The van der Waals surface area contributed by atoms with Gasteiger partial charge < -0.3 is 21.3 Å². The van der Waals surface area contributed by atoms with Gasteiger partial charge in [-0.3, -0.25) is 9.59 Å². The Morgan fingerprint density at radius 3 is 1.66 bits per heavy atom. The van der Waals surface area contributed by atoms with Crippen LogP contribution in [0.25, 0.3) is 0 Å². The molecule has 0 spiro atoms. The van der Waals surface area contributed by atoms with Crippen molar-refractivity contribution in [2.75, 3.05) is 0 Å². The second-order valence-corrected chi connectivity index (χ2v) is 10.1. The normalized spacial score (nSPS) is 14.1. The van der Waals surface area contributed by atoms with Gasteiger partial charge in [-0.2, -0.15) is 0 Å². The summed E-state index contributed by atoms with van der Waals surface area (Å²) in [7, 11) is 0. The third kappa shape index (κ3) is 9.03. The van der Waals surface area contributed by atoms with Gasteiger partial charge in [-0.15, -0.1) is 0 Å². The largest absolute Gasteiger partial charge is 0.360 e. The molecule has 1 aliphatic carbocycles. The smallest absolute Gasteiger partial charge is 0.236 e. The first kappa shape index (κ1) is 28.4. The summed E-state index contributed by atoms with van der Waals surface area (Å²) in [6, 6.07) is 20.0. The van der Waals surface area contributed by atoms with E-state index in [4.69, 9.17) is 24.4 Å². The number of nitrogens with one attached hydrogen (secondary N) is 4. The van der Waals surface area contributed by atoms with Crippen molar-refractivity contribution in [1.29, 1.82) is 0 Å². The van der Waals surface area contributed by atoms with Crippen LogP contribution in [-0.2, 0) is 15.0 Å². The number of amides is 2. The van der Waals surface area contributed by atoms with Crippen LogP contribution >= 0.6 is 24.4 Å². The number of benzene rings is 2. The minimum absolute atomic E-state index is 0.00634. The molecule has 0 radical (unpaired) electrons. The van der Waals surface area contributed by atoms with E-state index in [1.165, 1.54) is 0 Å². The topological polar surface area (TPSA) is 82.3 Å². The summed E-state index contributed by atoms with van der Waals surface area (Å²) in [4.78, 5) is 24.2. The molecule has 1 unspecified atom stereocenters. The van der Waals surface area contributed by atoms with Gasteiger partial charge in [0.05, 0.1) is 11.3 Å². The van der Waals surface area contributed by atoms with Gasteiger partial charge in [0.15, 0.2) is 10.2 Å². The molecule has 1 atom stereocenters. The molecule has 0 heterocycles. The van der Waals surface area contributed by atoms with Crippen molar-refractivity contribution in [3.63, 3.8) is 0 Å². The SMILES string of the molecule is CC(C)NC(=S)NC(=O)C(C)c1ccccc1.CC(C)NC(=S)NC(=O)C1(c2ccccc2)CC1. The van der Waals surface area contributed by atoms with Crippen LogP contribution in [0.5, 0.6) is 0 Å². The van der Waals surface area contributed by atoms with Gasteiger partial charge in [-0.05, 0) is 83.0 Å². The zero-order valence-corrected chi connectivity index (χ0v) is 22.7. The quantitative estimate of drug-likeness (QED) is 0.432. The van der Waals surface area contributed by atoms with Gasteiger partial charge in [-0.25, -0.2) is 0 Å². The number of thiocarbonyl (C=S) groups is 2. The first-order chi connectivity index (χ1) is 16.5. The second kappa shape index (κ2) is 13.3. The van der Waals surface area contributed by atoms with E-state index in [2.05, 4.69) is 21.3 Å². The Labute approximate surface area is 219 Å². The molecule has 1 saturated carbocycles. The number of rotatable bonds is 6. The van der Waals surface area contributed by atoms with Gasteiger partial charge >= 0.3 is 0 Å². The molecule has 0 aromatic heterocycles. The summed E-state index contributed by atoms with van der Waals surface area (Å²) in [5, 5.41) is 12.3. The molecule has 8 heteroatoms. The van der Waals surface area contributed by atoms with E-state index in [0.717, 1.165) is 24.0 Å². The molecular formula is C27H36N4O2S2. The Bertz CT molecular complexity index is 1010. The van der Waals surface area contributed by atoms with E-state index in [0.29, 0.717) is 10.2 Å². The molecule has 0 saturated heterocycles. The Morgan fingerprint density at radius 1 is 0.743 bits per heavy atom. The Hall–Kier alpha value is -2.84. The van der Waals surface area contributed by atoms with Crippen molar-refractivity contribution < 1.29 is 9.59 Å². The van der Waals surface area contributed by atoms with Crippen LogP contribution < -0.4 is 21.3 Å². The lowest BCUT2D eigenvalue weighted by molar-refractivity contribution is -0.122. The monoisotopic (exact) mass is 512 g/mol. The van der Waals surface area contributed by atoms with Crippen molar-refractivity contribution in [3.8, 4) is 0 Å². The van der Waals surface area contributed by atoms with Crippen LogP contribution in [0.2, 0.25) is 0 Å². The number of hydrogen-bond donors (Lipinski definition) is 4. The van der Waals surface area contributed by atoms with E-state index in [-0.39, 0.29) is 35.2 Å². The van der Waals surface area contributed by atoms with E-state index in [1.54, 1.807) is 0 Å². The summed E-state index contributed by atoms with van der Waals surface area (Å²) in [6.45, 7) is 9.78. The molecule has 6 nitrogen and oxygen atoms in total. The van der Waals surface area contributed by atoms with Crippen LogP contribution in [0.3, 0.4) is 0 Å². The molecule has 1 fully saturated rings. The fraction of sp³-hybridized carbons (Fsp3) is 0.407. The maximum atomic E-state index is 12.3. The molecule has 1 aliphatic rings. The Morgan fingerprint density at radius 2 is 1.20 bits per heavy atom. The van der Waals surface area contributed by atoms with Crippen molar-refractivity contribution in [2.24, 2.45) is 0 Å². The lowest BCUT2D eigenvalue weighted by Crippen LogP contribution is -2.46. The molecule has 0 bridgehead atoms. The van der Waals surface area contributed by atoms with Crippen molar-refractivity contribution >= 4 is 46.5 Å². The Kier molecular flexibility index (Phi) is 10.8. The third-order valence-electron chi connectivity index (χ3n) is 5.51. The van der Waals surface area contributed by atoms with E-state index < -0.39 is 0 Å². The van der Waals surface area contributed by atoms with Gasteiger partial charge in [0.1, 0.15) is 0 Å². The van der Waals surface area contributed by atoms with Crippen molar-refractivity contribution in [3.05, 3.63) is 71.8 Å². The summed E-state index contributed by atoms with van der Waals surface area (Å²) < 4.78 is 0. The summed E-state index contributed by atoms with van der Waals surface area (Å²) in [6.07, 6.45) is 1.79. The van der Waals surface area contributed by atoms with Gasteiger partial charge in [0.2, 0.25) is 11.8 Å². The van der Waals surface area contributed by atoms with E-state index >= 15 is 0 Å². The first-order valence-corrected chi connectivity index (χ1v) is 12.7. The Balaban J connectivity index is 0.000000247. The van der Waals surface area contributed by atoms with Crippen LogP contribution in [-0.4, -0.2) is 34.1 Å². The standard InChI is InChI=1S/C14H18N2OS.C13H18N2OS/c1-10(2)15-13(18)16-12(17)14(8-9-14)11-6-4-3-5-7-11;1-9(2)14-13(17)15-12(16)10(3)11-7-5-4-6-8-11/h3-7,10H,8-9H2,1-2H3,(H2,15,16,17,18);4-10H,1-3H3,(H2,14,15,16,17). The summed E-state index contributed by atoms with van der Waals surface area (Å²) >= 11 is 10.1. The van der Waals surface area contributed by atoms with Crippen LogP contribution in [0.4, 0.5) is 0 Å². The maximum Gasteiger partial charge on any atom is 0.236 e. The predicted octanol–water partition coefficient (Wildman–Crippen LogP) is 4.31. The summed E-state index contributed by atoms with van der Waals surface area (Å²) in [5.41, 5.74) is 1.71. The van der Waals surface area contributed by atoms with E-state index in [1.807, 2.05) is 95.3 Å². The number of hydrogen-bond acceptors (Lipinski definition) is 4. The molecule has 2 amide bonds. The van der Waals surface area contributed by atoms with Gasteiger partial charge in [0, 0.05) is 12.1 Å². The van der Waals surface area contributed by atoms with Crippen molar-refractivity contribution in [1.82, 2.24) is 21.3 Å². The minimum Gasteiger partial charge on any atom is -0.360 e. The highest BCUT2D eigenvalue weighted by atomic mass is 32.1. The molecule has 2 aromatic carbocycles. The van der Waals surface area contributed by atoms with Gasteiger partial charge in [0.25, 0.3) is 0 Å². The average molecular weight is 513 g/mol. The average Bonchev–Trinajstić information content (AvgIpc) is 3.61. The van der Waals surface area contributed by atoms with E-state index in [9.17, 15) is 9.59 Å². The fourth-order valence-electron chi connectivity index (χ4n) is 3.46. The molecule has 0 aliphatic heterocycles. The van der Waals surface area contributed by atoms with Crippen molar-refractivity contribution in [2.45, 2.75) is 70.9 Å². The van der Waals surface area contributed by atoms with Gasteiger partial charge in [-0.1, -0.05) is 60.7 Å².